The van der Waals surface area contributed by atoms with Crippen LogP contribution in [0.4, 0.5) is 18.3 Å². The van der Waals surface area contributed by atoms with Gasteiger partial charge in [-0.1, -0.05) is 12.8 Å². The van der Waals surface area contributed by atoms with Crippen LogP contribution in [0, 0.1) is 5.92 Å². The normalized spacial score (nSPS) is 23.9. The first-order chi connectivity index (χ1) is 9.47. The Kier molecular flexibility index (Phi) is 4.85. The van der Waals surface area contributed by atoms with E-state index < -0.39 is 12.0 Å². The van der Waals surface area contributed by atoms with Gasteiger partial charge in [-0.25, -0.2) is 0 Å². The van der Waals surface area contributed by atoms with Gasteiger partial charge in [-0.15, -0.1) is 0 Å². The molecule has 1 fully saturated rings. The van der Waals surface area contributed by atoms with Gasteiger partial charge >= 0.3 is 6.18 Å². The van der Waals surface area contributed by atoms with Crippen molar-refractivity contribution in [3.8, 4) is 0 Å². The number of rotatable bonds is 4. The number of nitrogens with two attached hydrogens (primary N) is 1. The summed E-state index contributed by atoms with van der Waals surface area (Å²) in [5.74, 6) is -0.724. The van der Waals surface area contributed by atoms with E-state index in [9.17, 15) is 13.2 Å². The number of alkyl halides is 3. The van der Waals surface area contributed by atoms with Crippen LogP contribution in [0.1, 0.15) is 38.4 Å². The molecule has 0 radical (unpaired) electrons. The van der Waals surface area contributed by atoms with E-state index in [1.54, 1.807) is 0 Å². The molecule has 1 aliphatic carbocycles. The van der Waals surface area contributed by atoms with E-state index in [4.69, 9.17) is 5.73 Å². The highest BCUT2D eigenvalue weighted by Gasteiger charge is 2.38. The molecular weight excluding hydrogens is 289 g/mol. The van der Waals surface area contributed by atoms with E-state index in [1.807, 2.05) is 11.8 Å². The zero-order chi connectivity index (χ0) is 14.8. The maximum Gasteiger partial charge on any atom is 0.452 e. The minimum Gasteiger partial charge on any atom is -0.344 e. The van der Waals surface area contributed by atoms with Crippen molar-refractivity contribution in [3.05, 3.63) is 5.82 Å². The first-order valence-corrected chi connectivity index (χ1v) is 7.62. The van der Waals surface area contributed by atoms with Gasteiger partial charge in [-0.2, -0.15) is 22.5 Å². The van der Waals surface area contributed by atoms with Crippen molar-refractivity contribution in [2.75, 3.05) is 18.0 Å². The van der Waals surface area contributed by atoms with Gasteiger partial charge in [0.1, 0.15) is 0 Å². The monoisotopic (exact) mass is 308 g/mol. The van der Waals surface area contributed by atoms with Crippen LogP contribution in [0.15, 0.2) is 0 Å². The van der Waals surface area contributed by atoms with E-state index in [2.05, 4.69) is 9.36 Å². The Balaban J connectivity index is 2.20. The molecule has 0 amide bonds. The molecule has 4 nitrogen and oxygen atoms in total. The van der Waals surface area contributed by atoms with Crippen molar-refractivity contribution in [2.24, 2.45) is 11.7 Å². The molecule has 1 heterocycles. The quantitative estimate of drug-likeness (QED) is 0.929. The second kappa shape index (κ2) is 6.26. The minimum atomic E-state index is -4.48. The Morgan fingerprint density at radius 1 is 1.35 bits per heavy atom. The smallest absolute Gasteiger partial charge is 0.344 e. The topological polar surface area (TPSA) is 55.0 Å². The van der Waals surface area contributed by atoms with Crippen molar-refractivity contribution in [1.29, 1.82) is 0 Å². The maximum atomic E-state index is 12.6. The van der Waals surface area contributed by atoms with Crippen LogP contribution in [0.2, 0.25) is 0 Å². The molecule has 1 aromatic heterocycles. The van der Waals surface area contributed by atoms with Gasteiger partial charge in [0.15, 0.2) is 0 Å². The lowest BCUT2D eigenvalue weighted by Gasteiger charge is -2.38. The lowest BCUT2D eigenvalue weighted by molar-refractivity contribution is -0.144. The summed E-state index contributed by atoms with van der Waals surface area (Å²) in [6.07, 6.45) is -0.268. The van der Waals surface area contributed by atoms with Crippen LogP contribution in [0.5, 0.6) is 0 Å². The van der Waals surface area contributed by atoms with Gasteiger partial charge in [-0.05, 0) is 32.2 Å². The molecule has 2 unspecified atom stereocenters. The van der Waals surface area contributed by atoms with E-state index >= 15 is 0 Å². The molecule has 0 spiro atoms. The largest absolute Gasteiger partial charge is 0.452 e. The van der Waals surface area contributed by atoms with Gasteiger partial charge in [0.05, 0.1) is 0 Å². The zero-order valence-electron chi connectivity index (χ0n) is 11.4. The fourth-order valence-corrected chi connectivity index (χ4v) is 3.64. The fourth-order valence-electron chi connectivity index (χ4n) is 2.83. The average Bonchev–Trinajstić information content (AvgIpc) is 2.90. The number of halogens is 3. The summed E-state index contributed by atoms with van der Waals surface area (Å²) < 4.78 is 41.2. The highest BCUT2D eigenvalue weighted by atomic mass is 32.1. The van der Waals surface area contributed by atoms with Crippen LogP contribution >= 0.6 is 11.5 Å². The summed E-state index contributed by atoms with van der Waals surface area (Å²) in [7, 11) is 0. The Morgan fingerprint density at radius 3 is 2.60 bits per heavy atom. The minimum absolute atomic E-state index is 0.174. The third-order valence-corrected chi connectivity index (χ3v) is 4.58. The summed E-state index contributed by atoms with van der Waals surface area (Å²) >= 11 is 0.819. The zero-order valence-corrected chi connectivity index (χ0v) is 12.2. The molecule has 1 saturated carbocycles. The van der Waals surface area contributed by atoms with Crippen LogP contribution in [0.3, 0.4) is 0 Å². The standard InChI is InChI=1S/C12H19F3N4S/c1-2-19(9-6-4-3-5-8(9)7-16)11-17-10(18-20-11)12(13,14)15/h8-9H,2-7,16H2,1H3. The van der Waals surface area contributed by atoms with E-state index in [0.717, 1.165) is 37.2 Å². The Morgan fingerprint density at radius 2 is 2.05 bits per heavy atom. The highest BCUT2D eigenvalue weighted by Crippen LogP contribution is 2.34. The Hall–Kier alpha value is -0.890. The van der Waals surface area contributed by atoms with Gasteiger partial charge in [0.2, 0.25) is 11.0 Å². The second-order valence-corrected chi connectivity index (χ2v) is 5.76. The predicted octanol–water partition coefficient (Wildman–Crippen LogP) is 2.90. The van der Waals surface area contributed by atoms with Crippen LogP contribution in [-0.2, 0) is 6.18 Å². The first kappa shape index (κ1) is 15.5. The molecule has 2 N–H and O–H groups in total. The Bertz CT molecular complexity index is 435. The fraction of sp³-hybridized carbons (Fsp3) is 0.833. The molecule has 8 heteroatoms. The molecular formula is C12H19F3N4S. The molecule has 114 valence electrons. The van der Waals surface area contributed by atoms with Crippen molar-refractivity contribution < 1.29 is 13.2 Å². The lowest BCUT2D eigenvalue weighted by Crippen LogP contribution is -2.45. The third-order valence-electron chi connectivity index (χ3n) is 3.83. The highest BCUT2D eigenvalue weighted by molar-refractivity contribution is 7.09. The number of anilines is 1. The molecule has 0 saturated heterocycles. The van der Waals surface area contributed by atoms with Crippen molar-refractivity contribution in [3.63, 3.8) is 0 Å². The molecule has 1 aliphatic rings. The van der Waals surface area contributed by atoms with E-state index in [1.165, 1.54) is 0 Å². The number of hydrogen-bond acceptors (Lipinski definition) is 5. The van der Waals surface area contributed by atoms with Crippen molar-refractivity contribution in [2.45, 2.75) is 44.8 Å². The summed E-state index contributed by atoms with van der Waals surface area (Å²) in [5.41, 5.74) is 5.80. The van der Waals surface area contributed by atoms with Gasteiger partial charge in [0, 0.05) is 24.1 Å². The Labute approximate surface area is 120 Å². The average molecular weight is 308 g/mol. The molecule has 2 atom stereocenters. The summed E-state index contributed by atoms with van der Waals surface area (Å²) in [4.78, 5) is 5.60. The summed E-state index contributed by atoms with van der Waals surface area (Å²) in [5, 5.41) is 0.352. The van der Waals surface area contributed by atoms with Crippen molar-refractivity contribution in [1.82, 2.24) is 9.36 Å². The molecule has 0 bridgehead atoms. The summed E-state index contributed by atoms with van der Waals surface area (Å²) in [6.45, 7) is 3.11. The number of aromatic nitrogens is 2. The summed E-state index contributed by atoms with van der Waals surface area (Å²) in [6, 6.07) is 0.174. The molecule has 1 aromatic rings. The SMILES string of the molecule is CCN(c1nc(C(F)(F)F)ns1)C1CCCCC1CN. The molecule has 0 aromatic carbocycles. The first-order valence-electron chi connectivity index (χ1n) is 6.85. The van der Waals surface area contributed by atoms with Crippen LogP contribution < -0.4 is 10.6 Å². The molecule has 2 rings (SSSR count). The van der Waals surface area contributed by atoms with Crippen LogP contribution in [0.25, 0.3) is 0 Å². The maximum absolute atomic E-state index is 12.6. The van der Waals surface area contributed by atoms with Crippen LogP contribution in [-0.4, -0.2) is 28.5 Å². The van der Waals surface area contributed by atoms with Gasteiger partial charge in [-0.3, -0.25) is 0 Å². The number of hydrogen-bond donors (Lipinski definition) is 1. The van der Waals surface area contributed by atoms with Crippen molar-refractivity contribution >= 4 is 16.7 Å². The number of nitrogens with zero attached hydrogens (tertiary/aromatic N) is 3. The predicted molar refractivity (Wildman–Crippen MR) is 72.7 cm³/mol. The molecule has 0 aliphatic heterocycles. The molecule has 20 heavy (non-hydrogen) atoms. The van der Waals surface area contributed by atoms with Gasteiger partial charge < -0.3 is 10.6 Å². The van der Waals surface area contributed by atoms with E-state index in [0.29, 0.717) is 24.1 Å². The second-order valence-electron chi connectivity index (χ2n) is 5.03. The lowest BCUT2D eigenvalue weighted by atomic mass is 9.83. The third kappa shape index (κ3) is 3.22. The van der Waals surface area contributed by atoms with E-state index in [-0.39, 0.29) is 6.04 Å². The van der Waals surface area contributed by atoms with Gasteiger partial charge in [0.25, 0.3) is 0 Å².